The minimum absolute atomic E-state index is 0.0264. The lowest BCUT2D eigenvalue weighted by Crippen LogP contribution is -2.27. The molecule has 240 valence electrons. The Bertz CT molecular complexity index is 2010. The van der Waals surface area contributed by atoms with Gasteiger partial charge in [0.25, 0.3) is 5.91 Å². The van der Waals surface area contributed by atoms with E-state index in [1.54, 1.807) is 43.7 Å². The fourth-order valence-corrected chi connectivity index (χ4v) is 4.86. The second-order valence-corrected chi connectivity index (χ2v) is 11.6. The van der Waals surface area contributed by atoms with Crippen LogP contribution in [0.1, 0.15) is 72.7 Å². The van der Waals surface area contributed by atoms with Gasteiger partial charge in [-0.2, -0.15) is 20.2 Å². The van der Waals surface area contributed by atoms with E-state index in [0.717, 1.165) is 5.56 Å². The lowest BCUT2D eigenvalue weighted by molar-refractivity contribution is -0.115. The van der Waals surface area contributed by atoms with Crippen molar-refractivity contribution in [2.24, 2.45) is 0 Å². The Kier molecular flexibility index (Phi) is 9.70. The van der Waals surface area contributed by atoms with Gasteiger partial charge in [0.15, 0.2) is 11.2 Å². The van der Waals surface area contributed by atoms with Crippen molar-refractivity contribution in [2.45, 2.75) is 59.0 Å². The van der Waals surface area contributed by atoms with Gasteiger partial charge >= 0.3 is 5.69 Å². The van der Waals surface area contributed by atoms with Crippen molar-refractivity contribution in [1.29, 1.82) is 5.26 Å². The van der Waals surface area contributed by atoms with E-state index in [0.29, 0.717) is 27.9 Å². The SMILES string of the molecule is Cc1cn(C(C)C)c(=O)nc1NC(=O)c1ccc(C(C#N)COc2nc(NC(=O)Cc3ccccc3)nc3c2ncn3C(C)C)cc1. The molecule has 0 fully saturated rings. The number of carbonyl (C=O) groups is 2. The highest BCUT2D eigenvalue weighted by atomic mass is 16.5. The molecule has 2 N–H and O–H groups in total. The maximum absolute atomic E-state index is 12.9. The molecule has 3 aromatic heterocycles. The molecule has 0 saturated heterocycles. The predicted molar refractivity (Wildman–Crippen MR) is 176 cm³/mol. The monoisotopic (exact) mass is 633 g/mol. The predicted octanol–water partition coefficient (Wildman–Crippen LogP) is 4.97. The number of rotatable bonds is 11. The molecule has 2 aromatic carbocycles. The highest BCUT2D eigenvalue weighted by Gasteiger charge is 2.20. The van der Waals surface area contributed by atoms with Gasteiger partial charge in [-0.1, -0.05) is 42.5 Å². The van der Waals surface area contributed by atoms with Crippen molar-refractivity contribution in [3.05, 3.63) is 99.9 Å². The number of nitrogens with zero attached hydrogens (tertiary/aromatic N) is 7. The molecule has 47 heavy (non-hydrogen) atoms. The number of carbonyl (C=O) groups excluding carboxylic acids is 2. The van der Waals surface area contributed by atoms with Crippen LogP contribution in [0.3, 0.4) is 0 Å². The van der Waals surface area contributed by atoms with Crippen molar-refractivity contribution < 1.29 is 14.3 Å². The third-order valence-electron chi connectivity index (χ3n) is 7.45. The van der Waals surface area contributed by atoms with Crippen LogP contribution in [0.15, 0.2) is 71.9 Å². The van der Waals surface area contributed by atoms with Gasteiger partial charge in [0.1, 0.15) is 18.3 Å². The third kappa shape index (κ3) is 7.50. The second kappa shape index (κ2) is 14.0. The van der Waals surface area contributed by atoms with Crippen LogP contribution < -0.4 is 21.1 Å². The first-order valence-corrected chi connectivity index (χ1v) is 15.2. The maximum Gasteiger partial charge on any atom is 0.349 e. The molecular weight excluding hydrogens is 598 g/mol. The van der Waals surface area contributed by atoms with Crippen molar-refractivity contribution in [1.82, 2.24) is 29.1 Å². The summed E-state index contributed by atoms with van der Waals surface area (Å²) in [6.45, 7) is 9.40. The van der Waals surface area contributed by atoms with E-state index in [1.807, 2.05) is 62.6 Å². The topological polar surface area (TPSA) is 170 Å². The summed E-state index contributed by atoms with van der Waals surface area (Å²) in [6.07, 6.45) is 3.44. The summed E-state index contributed by atoms with van der Waals surface area (Å²) in [7, 11) is 0. The van der Waals surface area contributed by atoms with Crippen LogP contribution in [-0.4, -0.2) is 47.5 Å². The number of benzene rings is 2. The molecule has 5 rings (SSSR count). The van der Waals surface area contributed by atoms with Crippen molar-refractivity contribution in [2.75, 3.05) is 17.2 Å². The number of nitriles is 1. The van der Waals surface area contributed by atoms with Crippen LogP contribution in [0.5, 0.6) is 5.88 Å². The molecule has 5 aromatic rings. The lowest BCUT2D eigenvalue weighted by Gasteiger charge is -2.14. The fraction of sp³-hybridized carbons (Fsp3) is 0.294. The molecule has 0 saturated carbocycles. The molecule has 3 heterocycles. The van der Waals surface area contributed by atoms with Crippen LogP contribution in [0.25, 0.3) is 11.2 Å². The van der Waals surface area contributed by atoms with E-state index < -0.39 is 17.5 Å². The summed E-state index contributed by atoms with van der Waals surface area (Å²) in [5.41, 5.74) is 2.87. The number of hydrogen-bond donors (Lipinski definition) is 2. The Morgan fingerprint density at radius 2 is 1.64 bits per heavy atom. The average Bonchev–Trinajstić information content (AvgIpc) is 3.48. The van der Waals surface area contributed by atoms with Gasteiger partial charge < -0.3 is 14.6 Å². The van der Waals surface area contributed by atoms with Gasteiger partial charge in [0, 0.05) is 29.4 Å². The number of amides is 2. The number of anilines is 2. The van der Waals surface area contributed by atoms with E-state index in [9.17, 15) is 19.6 Å². The zero-order valence-electron chi connectivity index (χ0n) is 26.8. The molecule has 1 unspecified atom stereocenters. The highest BCUT2D eigenvalue weighted by Crippen LogP contribution is 2.27. The van der Waals surface area contributed by atoms with Crippen LogP contribution in [0.2, 0.25) is 0 Å². The Morgan fingerprint density at radius 3 is 2.30 bits per heavy atom. The second-order valence-electron chi connectivity index (χ2n) is 11.6. The Labute approximate surface area is 271 Å². The van der Waals surface area contributed by atoms with Crippen molar-refractivity contribution in [3.8, 4) is 11.9 Å². The third-order valence-corrected chi connectivity index (χ3v) is 7.45. The Morgan fingerprint density at radius 1 is 0.936 bits per heavy atom. The Balaban J connectivity index is 1.31. The number of ether oxygens (including phenoxy) is 1. The summed E-state index contributed by atoms with van der Waals surface area (Å²) in [5.74, 6) is -1.07. The summed E-state index contributed by atoms with van der Waals surface area (Å²) in [4.78, 5) is 55.5. The first-order valence-electron chi connectivity index (χ1n) is 15.2. The maximum atomic E-state index is 12.9. The van der Waals surface area contributed by atoms with E-state index in [4.69, 9.17) is 4.74 Å². The number of aryl methyl sites for hydroxylation is 1. The average molecular weight is 634 g/mol. The lowest BCUT2D eigenvalue weighted by atomic mass is 10.00. The molecular formula is C34H35N9O4. The number of imidazole rings is 1. The zero-order chi connectivity index (χ0) is 33.7. The highest BCUT2D eigenvalue weighted by molar-refractivity contribution is 6.04. The minimum atomic E-state index is -0.715. The van der Waals surface area contributed by atoms with Gasteiger partial charge in [-0.05, 0) is 57.9 Å². The van der Waals surface area contributed by atoms with Crippen molar-refractivity contribution >= 4 is 34.7 Å². The standard InChI is InChI=1S/C34H35N9O4/c1-20(2)42-17-22(5)29(39-34(42)46)38-31(45)25-13-11-24(12-14-25)26(16-35)18-47-32-28-30(43(19-36-28)21(3)4)40-33(41-32)37-27(44)15-23-9-7-6-8-10-23/h6-14,17,19-21,26H,15,18H2,1-5H3,(H,37,40,41,44)(H,38,39,45,46). The van der Waals surface area contributed by atoms with Gasteiger partial charge in [-0.3, -0.25) is 19.5 Å². The van der Waals surface area contributed by atoms with E-state index in [2.05, 4.69) is 36.6 Å². The van der Waals surface area contributed by atoms with Gasteiger partial charge in [0.2, 0.25) is 17.7 Å². The molecule has 2 amide bonds. The molecule has 0 bridgehead atoms. The molecule has 0 aliphatic heterocycles. The quantitative estimate of drug-likeness (QED) is 0.204. The number of nitrogens with one attached hydrogen (secondary N) is 2. The molecule has 13 heteroatoms. The fourth-order valence-electron chi connectivity index (χ4n) is 4.86. The molecule has 1 atom stereocenters. The van der Waals surface area contributed by atoms with Gasteiger partial charge in [-0.25, -0.2) is 9.78 Å². The first kappa shape index (κ1) is 32.5. The molecule has 0 aliphatic rings. The van der Waals surface area contributed by atoms with Crippen LogP contribution in [-0.2, 0) is 11.2 Å². The van der Waals surface area contributed by atoms with Crippen molar-refractivity contribution in [3.63, 3.8) is 0 Å². The van der Waals surface area contributed by atoms with E-state index in [-0.39, 0.29) is 48.7 Å². The van der Waals surface area contributed by atoms with Gasteiger partial charge in [-0.15, -0.1) is 0 Å². The largest absolute Gasteiger partial charge is 0.474 e. The summed E-state index contributed by atoms with van der Waals surface area (Å²) < 4.78 is 9.39. The number of fused-ring (bicyclic) bond motifs is 1. The van der Waals surface area contributed by atoms with Crippen LogP contribution in [0, 0.1) is 18.3 Å². The number of hydrogen-bond acceptors (Lipinski definition) is 9. The van der Waals surface area contributed by atoms with Crippen LogP contribution in [0.4, 0.5) is 11.8 Å². The minimum Gasteiger partial charge on any atom is -0.474 e. The van der Waals surface area contributed by atoms with Crippen LogP contribution >= 0.6 is 0 Å². The first-order chi connectivity index (χ1) is 22.5. The summed E-state index contributed by atoms with van der Waals surface area (Å²) in [5, 5.41) is 15.4. The normalized spacial score (nSPS) is 11.8. The summed E-state index contributed by atoms with van der Waals surface area (Å²) in [6, 6.07) is 18.0. The summed E-state index contributed by atoms with van der Waals surface area (Å²) >= 11 is 0. The molecule has 0 radical (unpaired) electrons. The van der Waals surface area contributed by atoms with Gasteiger partial charge in [0.05, 0.1) is 18.8 Å². The molecule has 0 spiro atoms. The van der Waals surface area contributed by atoms with E-state index in [1.165, 1.54) is 4.57 Å². The smallest absolute Gasteiger partial charge is 0.349 e. The molecule has 13 nitrogen and oxygen atoms in total. The van der Waals surface area contributed by atoms with E-state index >= 15 is 0 Å². The Hall–Kier alpha value is -5.90. The zero-order valence-corrected chi connectivity index (χ0v) is 26.8. The number of aromatic nitrogens is 6. The molecule has 0 aliphatic carbocycles.